The Balaban J connectivity index is 2.05. The number of esters is 1. The molecule has 1 atom stereocenters. The number of methoxy groups -OCH3 is 1. The maximum atomic E-state index is 13.3. The number of carbonyl (C=O) groups excluding carboxylic acids is 1. The van der Waals surface area contributed by atoms with Crippen LogP contribution in [0.2, 0.25) is 5.02 Å². The van der Waals surface area contributed by atoms with Crippen molar-refractivity contribution in [3.8, 4) is 0 Å². The molecule has 132 valence electrons. The lowest BCUT2D eigenvalue weighted by atomic mass is 10.1. The summed E-state index contributed by atoms with van der Waals surface area (Å²) < 4.78 is 44.8. The summed E-state index contributed by atoms with van der Waals surface area (Å²) in [6.45, 7) is -0.174. The Morgan fingerprint density at radius 2 is 2.12 bits per heavy atom. The summed E-state index contributed by atoms with van der Waals surface area (Å²) in [7, 11) is 1.24. The average molecular weight is 371 g/mol. The van der Waals surface area contributed by atoms with E-state index in [1.54, 1.807) is 23.2 Å². The Labute approximate surface area is 147 Å². The van der Waals surface area contributed by atoms with E-state index in [4.69, 9.17) is 16.3 Å². The van der Waals surface area contributed by atoms with Crippen LogP contribution in [0, 0.1) is 0 Å². The second-order valence-electron chi connectivity index (χ2n) is 5.60. The summed E-state index contributed by atoms with van der Waals surface area (Å²) in [6.07, 6.45) is -2.69. The Morgan fingerprint density at radius 3 is 2.80 bits per heavy atom. The maximum Gasteiger partial charge on any atom is 0.416 e. The second kappa shape index (κ2) is 6.55. The normalized spacial score (nSPS) is 16.7. The maximum absolute atomic E-state index is 13.3. The summed E-state index contributed by atoms with van der Waals surface area (Å²) in [5.74, 6) is -0.529. The van der Waals surface area contributed by atoms with Crippen LogP contribution in [0.4, 0.5) is 18.9 Å². The zero-order valence-corrected chi connectivity index (χ0v) is 13.9. The van der Waals surface area contributed by atoms with Gasteiger partial charge in [0.1, 0.15) is 6.04 Å². The molecule has 3 rings (SSSR count). The fraction of sp³-hybridized carbons (Fsp3) is 0.294. The van der Waals surface area contributed by atoms with Crippen molar-refractivity contribution in [2.24, 2.45) is 0 Å². The molecule has 0 fully saturated rings. The van der Waals surface area contributed by atoms with E-state index in [1.165, 1.54) is 19.2 Å². The van der Waals surface area contributed by atoms with Crippen LogP contribution in [-0.4, -0.2) is 24.1 Å². The smallest absolute Gasteiger partial charge is 0.416 e. The SMILES string of the molecule is COC(=O)C1Cc2ncccc2N1Cc1c(Cl)cccc1C(F)(F)F. The van der Waals surface area contributed by atoms with Crippen LogP contribution >= 0.6 is 11.6 Å². The molecule has 0 N–H and O–H groups in total. The van der Waals surface area contributed by atoms with Gasteiger partial charge in [0.05, 0.1) is 24.1 Å². The zero-order chi connectivity index (χ0) is 18.2. The van der Waals surface area contributed by atoms with E-state index >= 15 is 0 Å². The molecule has 2 heterocycles. The first-order valence-corrected chi connectivity index (χ1v) is 7.83. The molecule has 0 saturated heterocycles. The number of alkyl halides is 3. The van der Waals surface area contributed by atoms with Gasteiger partial charge in [-0.1, -0.05) is 17.7 Å². The largest absolute Gasteiger partial charge is 0.467 e. The lowest BCUT2D eigenvalue weighted by Crippen LogP contribution is -2.39. The fourth-order valence-corrected chi connectivity index (χ4v) is 3.24. The molecule has 0 saturated carbocycles. The van der Waals surface area contributed by atoms with Gasteiger partial charge in [0.25, 0.3) is 0 Å². The van der Waals surface area contributed by atoms with Gasteiger partial charge < -0.3 is 9.64 Å². The van der Waals surface area contributed by atoms with Crippen LogP contribution in [-0.2, 0) is 28.7 Å². The third kappa shape index (κ3) is 3.28. The highest BCUT2D eigenvalue weighted by molar-refractivity contribution is 6.31. The highest BCUT2D eigenvalue weighted by atomic mass is 35.5. The molecular weight excluding hydrogens is 357 g/mol. The fourth-order valence-electron chi connectivity index (χ4n) is 3.01. The Kier molecular flexibility index (Phi) is 4.60. The summed E-state index contributed by atoms with van der Waals surface area (Å²) in [5.41, 5.74) is 0.340. The van der Waals surface area contributed by atoms with E-state index in [0.29, 0.717) is 11.4 Å². The summed E-state index contributed by atoms with van der Waals surface area (Å²) >= 11 is 6.04. The minimum atomic E-state index is -4.54. The minimum Gasteiger partial charge on any atom is -0.467 e. The molecule has 0 aliphatic carbocycles. The van der Waals surface area contributed by atoms with Crippen molar-refractivity contribution in [1.82, 2.24) is 4.98 Å². The highest BCUT2D eigenvalue weighted by Crippen LogP contribution is 2.39. The van der Waals surface area contributed by atoms with Crippen LogP contribution in [0.25, 0.3) is 0 Å². The summed E-state index contributed by atoms with van der Waals surface area (Å²) in [4.78, 5) is 17.9. The molecule has 1 aliphatic rings. The first-order valence-electron chi connectivity index (χ1n) is 7.46. The van der Waals surface area contributed by atoms with Crippen molar-refractivity contribution in [1.29, 1.82) is 0 Å². The average Bonchev–Trinajstić information content (AvgIpc) is 2.93. The predicted molar refractivity (Wildman–Crippen MR) is 86.4 cm³/mol. The molecule has 1 aromatic heterocycles. The van der Waals surface area contributed by atoms with Gasteiger partial charge in [-0.2, -0.15) is 13.2 Å². The number of hydrogen-bond donors (Lipinski definition) is 0. The van der Waals surface area contributed by atoms with Gasteiger partial charge in [-0.3, -0.25) is 4.98 Å². The van der Waals surface area contributed by atoms with Crippen molar-refractivity contribution in [2.75, 3.05) is 12.0 Å². The van der Waals surface area contributed by atoms with Crippen molar-refractivity contribution in [3.63, 3.8) is 0 Å². The first-order chi connectivity index (χ1) is 11.8. The van der Waals surface area contributed by atoms with Crippen LogP contribution in [0.5, 0.6) is 0 Å². The number of rotatable bonds is 3. The van der Waals surface area contributed by atoms with E-state index < -0.39 is 23.8 Å². The monoisotopic (exact) mass is 370 g/mol. The molecule has 0 radical (unpaired) electrons. The quantitative estimate of drug-likeness (QED) is 0.769. The number of aromatic nitrogens is 1. The molecule has 0 bridgehead atoms. The van der Waals surface area contributed by atoms with Crippen molar-refractivity contribution >= 4 is 23.3 Å². The van der Waals surface area contributed by atoms with E-state index in [2.05, 4.69) is 4.98 Å². The number of halogens is 4. The number of hydrogen-bond acceptors (Lipinski definition) is 4. The molecule has 1 aromatic carbocycles. The molecule has 25 heavy (non-hydrogen) atoms. The first kappa shape index (κ1) is 17.5. The number of pyridine rings is 1. The highest BCUT2D eigenvalue weighted by Gasteiger charge is 2.39. The number of fused-ring (bicyclic) bond motifs is 1. The lowest BCUT2D eigenvalue weighted by Gasteiger charge is -2.27. The Hall–Kier alpha value is -2.28. The number of carbonyl (C=O) groups is 1. The van der Waals surface area contributed by atoms with Crippen LogP contribution < -0.4 is 4.90 Å². The predicted octanol–water partition coefficient (Wildman–Crippen LogP) is 3.86. The van der Waals surface area contributed by atoms with Gasteiger partial charge in [0, 0.05) is 29.7 Å². The van der Waals surface area contributed by atoms with Crippen molar-refractivity contribution in [2.45, 2.75) is 25.2 Å². The number of nitrogens with zero attached hydrogens (tertiary/aromatic N) is 2. The number of anilines is 1. The summed E-state index contributed by atoms with van der Waals surface area (Å²) in [5, 5.41) is -0.00391. The molecular formula is C17H14ClF3N2O2. The molecule has 2 aromatic rings. The van der Waals surface area contributed by atoms with Crippen molar-refractivity contribution in [3.05, 3.63) is 58.4 Å². The second-order valence-corrected chi connectivity index (χ2v) is 6.01. The number of ether oxygens (including phenoxy) is 1. The topological polar surface area (TPSA) is 42.4 Å². The van der Waals surface area contributed by atoms with E-state index in [9.17, 15) is 18.0 Å². The lowest BCUT2D eigenvalue weighted by molar-refractivity contribution is -0.142. The zero-order valence-electron chi connectivity index (χ0n) is 13.2. The van der Waals surface area contributed by atoms with Gasteiger partial charge >= 0.3 is 12.1 Å². The van der Waals surface area contributed by atoms with Gasteiger partial charge in [-0.25, -0.2) is 4.79 Å². The van der Waals surface area contributed by atoms with Crippen LogP contribution in [0.1, 0.15) is 16.8 Å². The van der Waals surface area contributed by atoms with E-state index in [1.807, 2.05) is 0 Å². The van der Waals surface area contributed by atoms with Crippen LogP contribution in [0.15, 0.2) is 36.5 Å². The Bertz CT molecular complexity index is 811. The molecule has 8 heteroatoms. The Morgan fingerprint density at radius 1 is 1.36 bits per heavy atom. The van der Waals surface area contributed by atoms with E-state index in [0.717, 1.165) is 6.07 Å². The standard InChI is InChI=1S/C17H14ClF3N2O2/c1-25-16(24)15-8-13-14(6-3-7-22-13)23(15)9-10-11(17(19,20)21)4-2-5-12(10)18/h2-7,15H,8-9H2,1H3. The van der Waals surface area contributed by atoms with E-state index in [-0.39, 0.29) is 23.6 Å². The summed E-state index contributed by atoms with van der Waals surface area (Å²) in [6, 6.07) is 6.28. The molecule has 1 unspecified atom stereocenters. The van der Waals surface area contributed by atoms with Crippen LogP contribution in [0.3, 0.4) is 0 Å². The van der Waals surface area contributed by atoms with Gasteiger partial charge in [0.2, 0.25) is 0 Å². The van der Waals surface area contributed by atoms with Gasteiger partial charge in [-0.05, 0) is 24.3 Å². The minimum absolute atomic E-state index is 0.00391. The number of benzene rings is 1. The molecule has 4 nitrogen and oxygen atoms in total. The molecule has 1 aliphatic heterocycles. The third-order valence-electron chi connectivity index (χ3n) is 4.16. The van der Waals surface area contributed by atoms with Crippen molar-refractivity contribution < 1.29 is 22.7 Å². The molecule has 0 amide bonds. The van der Waals surface area contributed by atoms with Gasteiger partial charge in [-0.15, -0.1) is 0 Å². The molecule has 0 spiro atoms. The third-order valence-corrected chi connectivity index (χ3v) is 4.52. The van der Waals surface area contributed by atoms with Gasteiger partial charge in [0.15, 0.2) is 0 Å².